The van der Waals surface area contributed by atoms with Gasteiger partial charge in [-0.05, 0) is 30.5 Å². The first-order chi connectivity index (χ1) is 21.3. The van der Waals surface area contributed by atoms with Crippen LogP contribution in [0.15, 0.2) is 96.0 Å². The smallest absolute Gasteiger partial charge is 0.316 e. The SMILES string of the molecule is CCCCS(=O)(=O)CC(COCc1ccccc1)OC(=O)CSc1nc(-c2ccc(C)cc2)cc(-c2ccccc2)c1C#N. The second kappa shape index (κ2) is 16.2. The highest BCUT2D eigenvalue weighted by Crippen LogP contribution is 2.34. The number of aryl methyl sites for hydroxylation is 1. The second-order valence-corrected chi connectivity index (χ2v) is 13.6. The molecular weight excluding hydrogens is 593 g/mol. The average Bonchev–Trinajstić information content (AvgIpc) is 3.03. The van der Waals surface area contributed by atoms with E-state index in [9.17, 15) is 18.5 Å². The molecule has 1 unspecified atom stereocenters. The van der Waals surface area contributed by atoms with Crippen LogP contribution in [-0.2, 0) is 30.7 Å². The Morgan fingerprint density at radius 3 is 2.32 bits per heavy atom. The lowest BCUT2D eigenvalue weighted by Crippen LogP contribution is -2.32. The molecule has 228 valence electrons. The molecule has 0 fully saturated rings. The average molecular weight is 629 g/mol. The molecule has 0 saturated carbocycles. The first kappa shape index (κ1) is 32.9. The van der Waals surface area contributed by atoms with Gasteiger partial charge in [0.15, 0.2) is 9.84 Å². The fourth-order valence-electron chi connectivity index (χ4n) is 4.53. The summed E-state index contributed by atoms with van der Waals surface area (Å²) in [5.41, 5.74) is 5.53. The minimum absolute atomic E-state index is 0.0223. The maximum atomic E-state index is 13.1. The molecule has 1 aromatic heterocycles. The number of sulfone groups is 1. The number of rotatable bonds is 15. The van der Waals surface area contributed by atoms with Crippen molar-refractivity contribution in [1.29, 1.82) is 5.26 Å². The van der Waals surface area contributed by atoms with Crippen molar-refractivity contribution < 1.29 is 22.7 Å². The van der Waals surface area contributed by atoms with Gasteiger partial charge < -0.3 is 9.47 Å². The number of unbranched alkanes of at least 4 members (excludes halogenated alkanes) is 1. The Balaban J connectivity index is 1.53. The molecule has 0 N–H and O–H groups in total. The van der Waals surface area contributed by atoms with Crippen LogP contribution in [0.2, 0.25) is 0 Å². The van der Waals surface area contributed by atoms with Crippen molar-refractivity contribution in [3.8, 4) is 28.5 Å². The van der Waals surface area contributed by atoms with Gasteiger partial charge >= 0.3 is 5.97 Å². The normalized spacial score (nSPS) is 11.9. The number of thioether (sulfide) groups is 1. The molecule has 0 spiro atoms. The largest absolute Gasteiger partial charge is 0.458 e. The van der Waals surface area contributed by atoms with Gasteiger partial charge in [0.2, 0.25) is 0 Å². The molecule has 4 aromatic rings. The van der Waals surface area contributed by atoms with Crippen molar-refractivity contribution in [2.75, 3.05) is 23.9 Å². The number of pyridine rings is 1. The van der Waals surface area contributed by atoms with E-state index in [-0.39, 0.29) is 30.5 Å². The standard InChI is InChI=1S/C35H36N2O5S2/c1-3-4-19-44(39,40)25-30(23-41-22-27-11-7-5-8-12-27)42-34(38)24-43-35-32(21-36)31(28-13-9-6-10-14-28)20-33(37-35)29-17-15-26(2)16-18-29/h5-18,20,30H,3-4,19,22-25H2,1-2H3. The van der Waals surface area contributed by atoms with E-state index in [2.05, 4.69) is 6.07 Å². The van der Waals surface area contributed by atoms with Gasteiger partial charge in [-0.2, -0.15) is 5.26 Å². The molecule has 4 rings (SSSR count). The zero-order valence-corrected chi connectivity index (χ0v) is 26.6. The van der Waals surface area contributed by atoms with E-state index in [0.717, 1.165) is 40.4 Å². The van der Waals surface area contributed by atoms with Gasteiger partial charge in [0.05, 0.1) is 41.7 Å². The minimum Gasteiger partial charge on any atom is -0.458 e. The molecule has 44 heavy (non-hydrogen) atoms. The summed E-state index contributed by atoms with van der Waals surface area (Å²) in [6, 6.07) is 31.2. The van der Waals surface area contributed by atoms with Gasteiger partial charge in [-0.25, -0.2) is 13.4 Å². The van der Waals surface area contributed by atoms with Crippen LogP contribution in [0, 0.1) is 18.3 Å². The van der Waals surface area contributed by atoms with Crippen molar-refractivity contribution in [3.05, 3.63) is 108 Å². The third-order valence-electron chi connectivity index (χ3n) is 6.82. The van der Waals surface area contributed by atoms with Gasteiger partial charge in [0.25, 0.3) is 0 Å². The lowest BCUT2D eigenvalue weighted by molar-refractivity contribution is -0.147. The number of hydrogen-bond acceptors (Lipinski definition) is 8. The molecular formula is C35H36N2O5S2. The summed E-state index contributed by atoms with van der Waals surface area (Å²) in [5.74, 6) is -1.06. The van der Waals surface area contributed by atoms with E-state index in [1.165, 1.54) is 0 Å². The summed E-state index contributed by atoms with van der Waals surface area (Å²) in [5, 5.41) is 10.6. The molecule has 1 atom stereocenters. The van der Waals surface area contributed by atoms with E-state index in [1.807, 2.05) is 105 Å². The number of esters is 1. The Kier molecular flexibility index (Phi) is 12.1. The Morgan fingerprint density at radius 1 is 0.977 bits per heavy atom. The molecule has 0 aliphatic rings. The number of hydrogen-bond donors (Lipinski definition) is 0. The summed E-state index contributed by atoms with van der Waals surface area (Å²) < 4.78 is 36.9. The summed E-state index contributed by atoms with van der Waals surface area (Å²) in [6.45, 7) is 4.14. The van der Waals surface area contributed by atoms with Gasteiger partial charge in [-0.15, -0.1) is 0 Å². The molecule has 1 heterocycles. The van der Waals surface area contributed by atoms with Crippen molar-refractivity contribution in [2.45, 2.75) is 44.4 Å². The zero-order valence-electron chi connectivity index (χ0n) is 24.9. The Morgan fingerprint density at radius 2 is 1.66 bits per heavy atom. The van der Waals surface area contributed by atoms with Crippen molar-refractivity contribution in [1.82, 2.24) is 4.98 Å². The molecule has 3 aromatic carbocycles. The molecule has 0 aliphatic carbocycles. The first-order valence-corrected chi connectivity index (χ1v) is 17.3. The number of nitrogens with zero attached hydrogens (tertiary/aromatic N) is 2. The predicted molar refractivity (Wildman–Crippen MR) is 175 cm³/mol. The summed E-state index contributed by atoms with van der Waals surface area (Å²) in [4.78, 5) is 17.9. The maximum absolute atomic E-state index is 13.1. The fraction of sp³-hybridized carbons (Fsp3) is 0.286. The van der Waals surface area contributed by atoms with Crippen LogP contribution in [-0.4, -0.2) is 49.3 Å². The highest BCUT2D eigenvalue weighted by atomic mass is 32.2. The van der Waals surface area contributed by atoms with E-state index < -0.39 is 21.9 Å². The van der Waals surface area contributed by atoms with Crippen molar-refractivity contribution in [2.24, 2.45) is 0 Å². The summed E-state index contributed by atoms with van der Waals surface area (Å²) in [6.07, 6.45) is 0.315. The quantitative estimate of drug-likeness (QED) is 0.102. The molecule has 0 radical (unpaired) electrons. The Hall–Kier alpha value is -3.97. The third kappa shape index (κ3) is 9.78. The number of carbonyl (C=O) groups excluding carboxylic acids is 1. The first-order valence-electron chi connectivity index (χ1n) is 14.5. The second-order valence-electron chi connectivity index (χ2n) is 10.4. The van der Waals surface area contributed by atoms with E-state index in [4.69, 9.17) is 14.5 Å². The van der Waals surface area contributed by atoms with E-state index >= 15 is 0 Å². The van der Waals surface area contributed by atoms with Crippen LogP contribution in [0.4, 0.5) is 0 Å². The van der Waals surface area contributed by atoms with E-state index in [0.29, 0.717) is 28.3 Å². The Labute approximate surface area is 264 Å². The van der Waals surface area contributed by atoms with E-state index in [1.54, 1.807) is 0 Å². The lowest BCUT2D eigenvalue weighted by Gasteiger charge is -2.19. The van der Waals surface area contributed by atoms with Crippen LogP contribution >= 0.6 is 11.8 Å². The van der Waals surface area contributed by atoms with Gasteiger partial charge in [0, 0.05) is 11.1 Å². The molecule has 0 amide bonds. The Bertz CT molecular complexity index is 1670. The topological polar surface area (TPSA) is 106 Å². The van der Waals surface area contributed by atoms with Crippen molar-refractivity contribution >= 4 is 27.6 Å². The summed E-state index contributed by atoms with van der Waals surface area (Å²) >= 11 is 1.10. The minimum atomic E-state index is -3.46. The monoisotopic (exact) mass is 628 g/mol. The van der Waals surface area contributed by atoms with Crippen LogP contribution in [0.5, 0.6) is 0 Å². The third-order valence-corrected chi connectivity index (χ3v) is 9.56. The van der Waals surface area contributed by atoms with Gasteiger partial charge in [-0.3, -0.25) is 4.79 Å². The number of carbonyl (C=O) groups is 1. The number of ether oxygens (including phenoxy) is 2. The lowest BCUT2D eigenvalue weighted by atomic mass is 9.99. The highest BCUT2D eigenvalue weighted by molar-refractivity contribution is 8.00. The van der Waals surface area contributed by atoms with Crippen LogP contribution < -0.4 is 0 Å². The number of nitriles is 1. The van der Waals surface area contributed by atoms with Crippen LogP contribution in [0.1, 0.15) is 36.5 Å². The maximum Gasteiger partial charge on any atom is 0.316 e. The molecule has 0 saturated heterocycles. The highest BCUT2D eigenvalue weighted by Gasteiger charge is 2.24. The molecule has 0 bridgehead atoms. The summed E-state index contributed by atoms with van der Waals surface area (Å²) in [7, 11) is -3.46. The van der Waals surface area contributed by atoms with Gasteiger partial charge in [-0.1, -0.05) is 116 Å². The molecule has 0 aliphatic heterocycles. The zero-order chi connectivity index (χ0) is 31.4. The van der Waals surface area contributed by atoms with Gasteiger partial charge in [0.1, 0.15) is 17.2 Å². The number of benzene rings is 3. The number of aromatic nitrogens is 1. The molecule has 7 nitrogen and oxygen atoms in total. The van der Waals surface area contributed by atoms with Crippen LogP contribution in [0.25, 0.3) is 22.4 Å². The van der Waals surface area contributed by atoms with Crippen molar-refractivity contribution in [3.63, 3.8) is 0 Å². The molecule has 9 heteroatoms. The van der Waals surface area contributed by atoms with Crippen LogP contribution in [0.3, 0.4) is 0 Å². The predicted octanol–water partition coefficient (Wildman–Crippen LogP) is 7.03. The fourth-order valence-corrected chi connectivity index (χ4v) is 6.94.